The van der Waals surface area contributed by atoms with Crippen molar-refractivity contribution in [3.63, 3.8) is 0 Å². The first-order chi connectivity index (χ1) is 7.36. The molecule has 0 radical (unpaired) electrons. The van der Waals surface area contributed by atoms with Gasteiger partial charge in [-0.2, -0.15) is 0 Å². The van der Waals surface area contributed by atoms with Crippen LogP contribution in [0.1, 0.15) is 12.0 Å². The first-order valence-electron chi connectivity index (χ1n) is 4.93. The fourth-order valence-corrected chi connectivity index (χ4v) is 1.79. The molecule has 1 aromatic heterocycles. The molecule has 2 aromatic rings. The average molecular weight is 203 g/mol. The third kappa shape index (κ3) is 1.73. The van der Waals surface area contributed by atoms with E-state index in [1.165, 1.54) is 5.56 Å². The van der Waals surface area contributed by atoms with Crippen LogP contribution in [0.3, 0.4) is 0 Å². The second-order valence-corrected chi connectivity index (χ2v) is 3.40. The van der Waals surface area contributed by atoms with Gasteiger partial charge < -0.3 is 14.5 Å². The summed E-state index contributed by atoms with van der Waals surface area (Å²) < 4.78 is 5.24. The molecule has 0 saturated carbocycles. The standard InChI is InChI=1S/C12H13NO2/c1-15-11-5-4-9(3-2-8-14)10-6-7-13-12(10)11/h4-8,13H,2-3H2,1H3. The van der Waals surface area contributed by atoms with Gasteiger partial charge in [0.05, 0.1) is 12.6 Å². The maximum atomic E-state index is 10.3. The lowest BCUT2D eigenvalue weighted by molar-refractivity contribution is -0.107. The lowest BCUT2D eigenvalue weighted by atomic mass is 10.1. The minimum absolute atomic E-state index is 0.562. The largest absolute Gasteiger partial charge is 0.495 e. The minimum atomic E-state index is 0.562. The van der Waals surface area contributed by atoms with Crippen LogP contribution in [0, 0.1) is 0 Å². The lowest BCUT2D eigenvalue weighted by Gasteiger charge is -2.05. The van der Waals surface area contributed by atoms with Crippen LogP contribution >= 0.6 is 0 Å². The van der Waals surface area contributed by atoms with E-state index in [1.807, 2.05) is 24.4 Å². The Morgan fingerprint density at radius 1 is 1.40 bits per heavy atom. The third-order valence-corrected chi connectivity index (χ3v) is 2.53. The van der Waals surface area contributed by atoms with Gasteiger partial charge in [0.1, 0.15) is 12.0 Å². The van der Waals surface area contributed by atoms with Crippen LogP contribution < -0.4 is 4.74 Å². The summed E-state index contributed by atoms with van der Waals surface area (Å²) in [5.41, 5.74) is 2.18. The summed E-state index contributed by atoms with van der Waals surface area (Å²) in [7, 11) is 1.65. The second kappa shape index (κ2) is 4.17. The average Bonchev–Trinajstić information content (AvgIpc) is 2.74. The van der Waals surface area contributed by atoms with Gasteiger partial charge in [0.2, 0.25) is 0 Å². The summed E-state index contributed by atoms with van der Waals surface area (Å²) in [6.45, 7) is 0. The molecule has 0 spiro atoms. The molecule has 0 fully saturated rings. The van der Waals surface area contributed by atoms with Gasteiger partial charge >= 0.3 is 0 Å². The number of benzene rings is 1. The predicted octanol–water partition coefficient (Wildman–Crippen LogP) is 2.31. The highest BCUT2D eigenvalue weighted by Gasteiger charge is 2.06. The topological polar surface area (TPSA) is 42.1 Å². The van der Waals surface area contributed by atoms with E-state index in [2.05, 4.69) is 4.98 Å². The number of aryl methyl sites for hydroxylation is 1. The minimum Gasteiger partial charge on any atom is -0.495 e. The molecule has 78 valence electrons. The summed E-state index contributed by atoms with van der Waals surface area (Å²) in [4.78, 5) is 13.5. The Kier molecular flexibility index (Phi) is 2.72. The molecule has 0 bridgehead atoms. The number of fused-ring (bicyclic) bond motifs is 1. The number of aromatic amines is 1. The van der Waals surface area contributed by atoms with Gasteiger partial charge in [-0.15, -0.1) is 0 Å². The van der Waals surface area contributed by atoms with Crippen molar-refractivity contribution in [2.75, 3.05) is 7.11 Å². The van der Waals surface area contributed by atoms with Crippen molar-refractivity contribution in [1.82, 2.24) is 4.98 Å². The Morgan fingerprint density at radius 2 is 2.27 bits per heavy atom. The Balaban J connectivity index is 2.48. The normalized spacial score (nSPS) is 10.5. The van der Waals surface area contributed by atoms with E-state index in [9.17, 15) is 4.79 Å². The molecule has 3 nitrogen and oxygen atoms in total. The number of aromatic nitrogens is 1. The van der Waals surface area contributed by atoms with E-state index in [0.29, 0.717) is 6.42 Å². The van der Waals surface area contributed by atoms with Crippen LogP contribution in [0.25, 0.3) is 10.9 Å². The molecular weight excluding hydrogens is 190 g/mol. The van der Waals surface area contributed by atoms with Crippen LogP contribution in [-0.4, -0.2) is 18.4 Å². The second-order valence-electron chi connectivity index (χ2n) is 3.40. The number of rotatable bonds is 4. The van der Waals surface area contributed by atoms with Crippen LogP contribution in [-0.2, 0) is 11.2 Å². The molecule has 1 aromatic carbocycles. The zero-order valence-corrected chi connectivity index (χ0v) is 8.62. The summed E-state index contributed by atoms with van der Waals surface area (Å²) in [6, 6.07) is 5.95. The van der Waals surface area contributed by atoms with Crippen LogP contribution in [0.15, 0.2) is 24.4 Å². The first-order valence-corrected chi connectivity index (χ1v) is 4.93. The SMILES string of the molecule is COc1ccc(CCC=O)c2cc[nH]c12. The number of ether oxygens (including phenoxy) is 1. The molecule has 0 unspecified atom stereocenters. The van der Waals surface area contributed by atoms with Crippen LogP contribution in [0.4, 0.5) is 0 Å². The van der Waals surface area contributed by atoms with E-state index in [1.54, 1.807) is 7.11 Å². The molecule has 2 rings (SSSR count). The summed E-state index contributed by atoms with van der Waals surface area (Å²) >= 11 is 0. The van der Waals surface area contributed by atoms with Crippen molar-refractivity contribution in [3.05, 3.63) is 30.0 Å². The predicted molar refractivity (Wildman–Crippen MR) is 59.2 cm³/mol. The highest BCUT2D eigenvalue weighted by molar-refractivity contribution is 5.88. The van der Waals surface area contributed by atoms with Gasteiger partial charge in [-0.1, -0.05) is 6.07 Å². The molecule has 1 N–H and O–H groups in total. The zero-order valence-electron chi connectivity index (χ0n) is 8.62. The molecule has 0 aliphatic carbocycles. The molecule has 0 atom stereocenters. The number of nitrogens with one attached hydrogen (secondary N) is 1. The van der Waals surface area contributed by atoms with Gasteiger partial charge in [-0.25, -0.2) is 0 Å². The molecule has 1 heterocycles. The molecule has 0 aliphatic heterocycles. The molecule has 3 heteroatoms. The molecular formula is C12H13NO2. The summed E-state index contributed by atoms with van der Waals surface area (Å²) in [5, 5.41) is 1.14. The van der Waals surface area contributed by atoms with E-state index >= 15 is 0 Å². The van der Waals surface area contributed by atoms with Gasteiger partial charge in [-0.05, 0) is 24.1 Å². The fraction of sp³-hybridized carbons (Fsp3) is 0.250. The van der Waals surface area contributed by atoms with Crippen LogP contribution in [0.2, 0.25) is 0 Å². The summed E-state index contributed by atoms with van der Waals surface area (Å²) in [5.74, 6) is 0.838. The number of hydrogen-bond donors (Lipinski definition) is 1. The van der Waals surface area contributed by atoms with Gasteiger partial charge in [0.15, 0.2) is 0 Å². The Hall–Kier alpha value is -1.77. The van der Waals surface area contributed by atoms with E-state index in [-0.39, 0.29) is 0 Å². The van der Waals surface area contributed by atoms with Gasteiger partial charge in [-0.3, -0.25) is 0 Å². The fourth-order valence-electron chi connectivity index (χ4n) is 1.79. The van der Waals surface area contributed by atoms with E-state index in [4.69, 9.17) is 4.74 Å². The lowest BCUT2D eigenvalue weighted by Crippen LogP contribution is -1.90. The number of hydrogen-bond acceptors (Lipinski definition) is 2. The molecule has 0 amide bonds. The smallest absolute Gasteiger partial charge is 0.142 e. The number of carbonyl (C=O) groups is 1. The van der Waals surface area contributed by atoms with Crippen molar-refractivity contribution in [1.29, 1.82) is 0 Å². The molecule has 0 aliphatic rings. The van der Waals surface area contributed by atoms with Crippen molar-refractivity contribution < 1.29 is 9.53 Å². The van der Waals surface area contributed by atoms with Crippen molar-refractivity contribution in [2.24, 2.45) is 0 Å². The highest BCUT2D eigenvalue weighted by atomic mass is 16.5. The monoisotopic (exact) mass is 203 g/mol. The zero-order chi connectivity index (χ0) is 10.7. The number of carbonyl (C=O) groups excluding carboxylic acids is 1. The first kappa shape index (κ1) is 9.77. The van der Waals surface area contributed by atoms with Gasteiger partial charge in [0, 0.05) is 18.0 Å². The number of aldehydes is 1. The Bertz CT molecular complexity index is 473. The highest BCUT2D eigenvalue weighted by Crippen LogP contribution is 2.27. The quantitative estimate of drug-likeness (QED) is 0.775. The maximum Gasteiger partial charge on any atom is 0.142 e. The van der Waals surface area contributed by atoms with E-state index < -0.39 is 0 Å². The van der Waals surface area contributed by atoms with Gasteiger partial charge in [0.25, 0.3) is 0 Å². The summed E-state index contributed by atoms with van der Waals surface area (Å²) in [6.07, 6.45) is 4.18. The third-order valence-electron chi connectivity index (χ3n) is 2.53. The molecule has 15 heavy (non-hydrogen) atoms. The Labute approximate surface area is 88.1 Å². The van der Waals surface area contributed by atoms with Crippen molar-refractivity contribution >= 4 is 17.2 Å². The number of methoxy groups -OCH3 is 1. The van der Waals surface area contributed by atoms with E-state index in [0.717, 1.165) is 29.4 Å². The van der Waals surface area contributed by atoms with Crippen molar-refractivity contribution in [2.45, 2.75) is 12.8 Å². The molecule has 0 saturated heterocycles. The number of H-pyrrole nitrogens is 1. The Morgan fingerprint density at radius 3 is 3.00 bits per heavy atom. The maximum absolute atomic E-state index is 10.3. The van der Waals surface area contributed by atoms with Crippen molar-refractivity contribution in [3.8, 4) is 5.75 Å². The van der Waals surface area contributed by atoms with Crippen LogP contribution in [0.5, 0.6) is 5.75 Å².